The van der Waals surface area contributed by atoms with Crippen molar-refractivity contribution in [2.75, 3.05) is 31.2 Å². The van der Waals surface area contributed by atoms with E-state index in [4.69, 9.17) is 9.26 Å². The standard InChI is InChI=1S/C16H21N3O2.C2H6/c1-11(2)13-4-5-14(12(3)10-13)15-17-16(18-21-15)19-6-8-20-9-7-19;1-2/h4-5,10-11H,6-9H2,1-3H3;1-2H3. The molecule has 0 radical (unpaired) electrons. The predicted molar refractivity (Wildman–Crippen MR) is 92.9 cm³/mol. The smallest absolute Gasteiger partial charge is 0.266 e. The van der Waals surface area contributed by atoms with Crippen molar-refractivity contribution in [1.29, 1.82) is 0 Å². The van der Waals surface area contributed by atoms with E-state index in [9.17, 15) is 0 Å². The van der Waals surface area contributed by atoms with Gasteiger partial charge in [0.05, 0.1) is 13.2 Å². The average Bonchev–Trinajstić information content (AvgIpc) is 3.07. The van der Waals surface area contributed by atoms with Crippen molar-refractivity contribution in [3.8, 4) is 11.5 Å². The van der Waals surface area contributed by atoms with Gasteiger partial charge in [0, 0.05) is 18.7 Å². The van der Waals surface area contributed by atoms with Gasteiger partial charge in [-0.1, -0.05) is 39.8 Å². The number of anilines is 1. The van der Waals surface area contributed by atoms with E-state index in [0.29, 0.717) is 31.0 Å². The van der Waals surface area contributed by atoms with Gasteiger partial charge in [-0.15, -0.1) is 0 Å². The van der Waals surface area contributed by atoms with Gasteiger partial charge in [0.1, 0.15) is 0 Å². The number of benzene rings is 1. The highest BCUT2D eigenvalue weighted by Crippen LogP contribution is 2.27. The molecule has 5 nitrogen and oxygen atoms in total. The Kier molecular flexibility index (Phi) is 6.16. The first-order valence-corrected chi connectivity index (χ1v) is 8.42. The van der Waals surface area contributed by atoms with E-state index >= 15 is 0 Å². The number of ether oxygens (including phenoxy) is 1. The minimum absolute atomic E-state index is 0.518. The van der Waals surface area contributed by atoms with Crippen molar-refractivity contribution < 1.29 is 9.26 Å². The van der Waals surface area contributed by atoms with Crippen LogP contribution in [0.2, 0.25) is 0 Å². The van der Waals surface area contributed by atoms with Crippen LogP contribution in [0.25, 0.3) is 11.5 Å². The lowest BCUT2D eigenvalue weighted by molar-refractivity contribution is 0.121. The molecule has 1 saturated heterocycles. The van der Waals surface area contributed by atoms with Gasteiger partial charge in [0.15, 0.2) is 0 Å². The minimum atomic E-state index is 0.518. The molecule has 0 unspecified atom stereocenters. The van der Waals surface area contributed by atoms with Gasteiger partial charge in [-0.05, 0) is 35.2 Å². The van der Waals surface area contributed by atoms with Gasteiger partial charge in [-0.3, -0.25) is 0 Å². The third-order valence-corrected chi connectivity index (χ3v) is 3.86. The number of rotatable bonds is 3. The Morgan fingerprint density at radius 2 is 1.83 bits per heavy atom. The number of aromatic nitrogens is 2. The second-order valence-electron chi connectivity index (χ2n) is 5.73. The summed E-state index contributed by atoms with van der Waals surface area (Å²) < 4.78 is 10.8. The number of hydrogen-bond acceptors (Lipinski definition) is 5. The molecule has 126 valence electrons. The van der Waals surface area contributed by atoms with E-state index in [2.05, 4.69) is 54.0 Å². The molecule has 1 fully saturated rings. The zero-order chi connectivity index (χ0) is 16.8. The highest BCUT2D eigenvalue weighted by atomic mass is 16.5. The fourth-order valence-electron chi connectivity index (χ4n) is 2.50. The maximum atomic E-state index is 5.44. The Bertz CT molecular complexity index is 616. The molecule has 1 aromatic carbocycles. The molecular weight excluding hydrogens is 290 g/mol. The first-order chi connectivity index (χ1) is 11.1. The Balaban J connectivity index is 0.000000924. The normalized spacial score (nSPS) is 14.6. The zero-order valence-corrected chi connectivity index (χ0v) is 14.8. The Morgan fingerprint density at radius 3 is 2.43 bits per heavy atom. The summed E-state index contributed by atoms with van der Waals surface area (Å²) in [5.74, 6) is 1.76. The van der Waals surface area contributed by atoms with Crippen LogP contribution in [-0.2, 0) is 4.74 Å². The summed E-state index contributed by atoms with van der Waals surface area (Å²) in [6.07, 6.45) is 0. The van der Waals surface area contributed by atoms with Crippen LogP contribution in [0.5, 0.6) is 0 Å². The lowest BCUT2D eigenvalue weighted by atomic mass is 9.98. The maximum absolute atomic E-state index is 5.44. The molecule has 1 aliphatic heterocycles. The number of nitrogens with zero attached hydrogens (tertiary/aromatic N) is 3. The summed E-state index contributed by atoms with van der Waals surface area (Å²) in [7, 11) is 0. The summed E-state index contributed by atoms with van der Waals surface area (Å²) in [6.45, 7) is 13.5. The van der Waals surface area contributed by atoms with Crippen LogP contribution in [0.3, 0.4) is 0 Å². The highest BCUT2D eigenvalue weighted by molar-refractivity contribution is 5.60. The molecule has 0 amide bonds. The molecule has 23 heavy (non-hydrogen) atoms. The first-order valence-electron chi connectivity index (χ1n) is 8.42. The summed E-state index contributed by atoms with van der Waals surface area (Å²) in [4.78, 5) is 6.62. The zero-order valence-electron chi connectivity index (χ0n) is 14.8. The van der Waals surface area contributed by atoms with Crippen molar-refractivity contribution in [1.82, 2.24) is 10.1 Å². The Hall–Kier alpha value is -1.88. The molecule has 0 N–H and O–H groups in total. The van der Waals surface area contributed by atoms with Crippen LogP contribution < -0.4 is 4.90 Å². The lowest BCUT2D eigenvalue weighted by Gasteiger charge is -2.24. The van der Waals surface area contributed by atoms with Crippen LogP contribution in [0.4, 0.5) is 5.95 Å². The van der Waals surface area contributed by atoms with Crippen LogP contribution in [0, 0.1) is 6.92 Å². The Labute approximate surface area is 138 Å². The fourth-order valence-corrected chi connectivity index (χ4v) is 2.50. The highest BCUT2D eigenvalue weighted by Gasteiger charge is 2.18. The van der Waals surface area contributed by atoms with E-state index in [-0.39, 0.29) is 0 Å². The molecule has 0 saturated carbocycles. The van der Waals surface area contributed by atoms with Gasteiger partial charge < -0.3 is 14.2 Å². The predicted octanol–water partition coefficient (Wildman–Crippen LogP) is 4.03. The maximum Gasteiger partial charge on any atom is 0.266 e. The number of hydrogen-bond donors (Lipinski definition) is 0. The molecule has 0 atom stereocenters. The molecule has 2 aromatic rings. The fraction of sp³-hybridized carbons (Fsp3) is 0.556. The molecule has 5 heteroatoms. The van der Waals surface area contributed by atoms with Crippen LogP contribution in [0.1, 0.15) is 44.7 Å². The van der Waals surface area contributed by atoms with Gasteiger partial charge in [-0.2, -0.15) is 4.98 Å². The van der Waals surface area contributed by atoms with Crippen LogP contribution >= 0.6 is 0 Å². The van der Waals surface area contributed by atoms with Crippen molar-refractivity contribution in [3.63, 3.8) is 0 Å². The summed E-state index contributed by atoms with van der Waals surface area (Å²) >= 11 is 0. The summed E-state index contributed by atoms with van der Waals surface area (Å²) in [5, 5.41) is 4.10. The van der Waals surface area contributed by atoms with Crippen LogP contribution in [0.15, 0.2) is 22.7 Å². The molecular formula is C18H27N3O2. The molecule has 2 heterocycles. The third-order valence-electron chi connectivity index (χ3n) is 3.86. The third kappa shape index (κ3) is 4.10. The molecule has 0 bridgehead atoms. The minimum Gasteiger partial charge on any atom is -0.378 e. The summed E-state index contributed by atoms with van der Waals surface area (Å²) in [6, 6.07) is 6.39. The van der Waals surface area contributed by atoms with Gasteiger partial charge >= 0.3 is 0 Å². The Morgan fingerprint density at radius 1 is 1.13 bits per heavy atom. The van der Waals surface area contributed by atoms with E-state index in [1.165, 1.54) is 11.1 Å². The molecule has 0 aliphatic carbocycles. The largest absolute Gasteiger partial charge is 0.378 e. The first kappa shape index (κ1) is 17.5. The molecule has 1 aliphatic rings. The number of morpholine rings is 1. The van der Waals surface area contributed by atoms with Crippen LogP contribution in [-0.4, -0.2) is 36.4 Å². The summed E-state index contributed by atoms with van der Waals surface area (Å²) in [5.41, 5.74) is 3.49. The van der Waals surface area contributed by atoms with Crippen molar-refractivity contribution in [2.24, 2.45) is 0 Å². The number of aryl methyl sites for hydroxylation is 1. The van der Waals surface area contributed by atoms with Gasteiger partial charge in [0.2, 0.25) is 0 Å². The average molecular weight is 317 g/mol. The molecule has 0 spiro atoms. The lowest BCUT2D eigenvalue weighted by Crippen LogP contribution is -2.36. The van der Waals surface area contributed by atoms with E-state index in [0.717, 1.165) is 18.7 Å². The second kappa shape index (κ2) is 8.11. The quantitative estimate of drug-likeness (QED) is 0.855. The topological polar surface area (TPSA) is 51.4 Å². The van der Waals surface area contributed by atoms with E-state index in [1.54, 1.807) is 0 Å². The second-order valence-corrected chi connectivity index (χ2v) is 5.73. The van der Waals surface area contributed by atoms with Gasteiger partial charge in [0.25, 0.3) is 11.8 Å². The SMILES string of the molecule is CC.Cc1cc(C(C)C)ccc1-c1nc(N2CCOCC2)no1. The molecule has 3 rings (SSSR count). The van der Waals surface area contributed by atoms with Crippen molar-refractivity contribution in [3.05, 3.63) is 29.3 Å². The van der Waals surface area contributed by atoms with E-state index in [1.807, 2.05) is 13.8 Å². The van der Waals surface area contributed by atoms with Crippen molar-refractivity contribution in [2.45, 2.75) is 40.5 Å². The van der Waals surface area contributed by atoms with Gasteiger partial charge in [-0.25, -0.2) is 0 Å². The molecule has 1 aromatic heterocycles. The van der Waals surface area contributed by atoms with Crippen molar-refractivity contribution >= 4 is 5.95 Å². The van der Waals surface area contributed by atoms with E-state index < -0.39 is 0 Å². The monoisotopic (exact) mass is 317 g/mol.